The van der Waals surface area contributed by atoms with Crippen LogP contribution < -0.4 is 5.32 Å². The van der Waals surface area contributed by atoms with Crippen LogP contribution in [0.2, 0.25) is 0 Å². The van der Waals surface area contributed by atoms with Crippen molar-refractivity contribution in [2.45, 2.75) is 33.6 Å². The molecule has 0 saturated heterocycles. The minimum atomic E-state index is -0.0733. The van der Waals surface area contributed by atoms with Gasteiger partial charge in [0.05, 0.1) is 0 Å². The minimum absolute atomic E-state index is 0.0733. The van der Waals surface area contributed by atoms with Gasteiger partial charge in [-0.2, -0.15) is 0 Å². The first kappa shape index (κ1) is 12.4. The van der Waals surface area contributed by atoms with Gasteiger partial charge < -0.3 is 10.1 Å². The van der Waals surface area contributed by atoms with Crippen molar-refractivity contribution in [3.63, 3.8) is 0 Å². The summed E-state index contributed by atoms with van der Waals surface area (Å²) in [5, 5.41) is 2.73. The first-order chi connectivity index (χ1) is 7.49. The molecule has 1 rings (SSSR count). The molecule has 0 atom stereocenters. The van der Waals surface area contributed by atoms with E-state index in [4.69, 9.17) is 0 Å². The number of hydrogen-bond donors (Lipinski definition) is 1. The van der Waals surface area contributed by atoms with E-state index in [1.165, 1.54) is 6.92 Å². The summed E-state index contributed by atoms with van der Waals surface area (Å²) < 4.78 is 0. The van der Waals surface area contributed by atoms with E-state index < -0.39 is 0 Å². The Hall–Kier alpha value is -1.64. The molecule has 16 heavy (non-hydrogen) atoms. The van der Waals surface area contributed by atoms with Gasteiger partial charge in [-0.3, -0.25) is 4.79 Å². The number of ketones is 1. The molecule has 86 valence electrons. The molecule has 1 aromatic rings. The lowest BCUT2D eigenvalue weighted by Crippen LogP contribution is -2.06. The van der Waals surface area contributed by atoms with Gasteiger partial charge in [0.15, 0.2) is 0 Å². The third kappa shape index (κ3) is 3.85. The predicted octanol–water partition coefficient (Wildman–Crippen LogP) is 2.48. The van der Waals surface area contributed by atoms with E-state index in [1.54, 1.807) is 6.92 Å². The van der Waals surface area contributed by atoms with Crippen LogP contribution in [0.3, 0.4) is 0 Å². The van der Waals surface area contributed by atoms with E-state index in [0.717, 1.165) is 23.2 Å². The predicted molar refractivity (Wildman–Crippen MR) is 64.5 cm³/mol. The molecule has 3 heteroatoms. The third-order valence-corrected chi connectivity index (χ3v) is 2.41. The fourth-order valence-electron chi connectivity index (χ4n) is 1.57. The standard InChI is InChI=1S/C13H17NO2/c1-9-8-13(14-11(3)16)7-6-12(9)5-4-10(2)15/h6-8H,4-5H2,1-3H3,(H,14,16). The Balaban J connectivity index is 2.75. The summed E-state index contributed by atoms with van der Waals surface area (Å²) in [7, 11) is 0. The quantitative estimate of drug-likeness (QED) is 0.845. The molecule has 3 nitrogen and oxygen atoms in total. The molecule has 0 aliphatic heterocycles. The number of anilines is 1. The number of carbonyl (C=O) groups excluding carboxylic acids is 2. The molecule has 0 spiro atoms. The van der Waals surface area contributed by atoms with E-state index in [-0.39, 0.29) is 11.7 Å². The first-order valence-electron chi connectivity index (χ1n) is 5.35. The average molecular weight is 219 g/mol. The Bertz CT molecular complexity index is 410. The Morgan fingerprint density at radius 3 is 2.44 bits per heavy atom. The van der Waals surface area contributed by atoms with Crippen LogP contribution in [0, 0.1) is 6.92 Å². The summed E-state index contributed by atoms with van der Waals surface area (Å²) in [6.07, 6.45) is 1.34. The Kier molecular flexibility index (Phi) is 4.23. The highest BCUT2D eigenvalue weighted by Gasteiger charge is 2.02. The van der Waals surface area contributed by atoms with Crippen molar-refractivity contribution in [3.05, 3.63) is 29.3 Å². The van der Waals surface area contributed by atoms with Crippen molar-refractivity contribution < 1.29 is 9.59 Å². The van der Waals surface area contributed by atoms with Crippen molar-refractivity contribution in [1.82, 2.24) is 0 Å². The van der Waals surface area contributed by atoms with Gasteiger partial charge in [-0.15, -0.1) is 0 Å². The zero-order valence-corrected chi connectivity index (χ0v) is 9.96. The molecular formula is C13H17NO2. The van der Waals surface area contributed by atoms with Crippen LogP contribution in [0.1, 0.15) is 31.4 Å². The minimum Gasteiger partial charge on any atom is -0.326 e. The summed E-state index contributed by atoms with van der Waals surface area (Å²) in [6, 6.07) is 5.75. The molecule has 1 aromatic carbocycles. The third-order valence-electron chi connectivity index (χ3n) is 2.41. The van der Waals surface area contributed by atoms with E-state index >= 15 is 0 Å². The molecule has 0 aliphatic rings. The second-order valence-electron chi connectivity index (χ2n) is 4.02. The van der Waals surface area contributed by atoms with Gasteiger partial charge in [0.2, 0.25) is 5.91 Å². The normalized spacial score (nSPS) is 9.94. The monoisotopic (exact) mass is 219 g/mol. The number of hydrogen-bond acceptors (Lipinski definition) is 2. The molecule has 0 aromatic heterocycles. The van der Waals surface area contributed by atoms with Crippen molar-refractivity contribution in [2.24, 2.45) is 0 Å². The van der Waals surface area contributed by atoms with E-state index in [0.29, 0.717) is 6.42 Å². The number of amides is 1. The van der Waals surface area contributed by atoms with Gasteiger partial charge in [0.1, 0.15) is 5.78 Å². The maximum Gasteiger partial charge on any atom is 0.221 e. The second kappa shape index (κ2) is 5.45. The van der Waals surface area contributed by atoms with Crippen molar-refractivity contribution in [3.8, 4) is 0 Å². The van der Waals surface area contributed by atoms with Gasteiger partial charge in [-0.05, 0) is 43.5 Å². The number of rotatable bonds is 4. The lowest BCUT2D eigenvalue weighted by atomic mass is 10.0. The van der Waals surface area contributed by atoms with Crippen LogP contribution >= 0.6 is 0 Å². The van der Waals surface area contributed by atoms with Gasteiger partial charge in [-0.25, -0.2) is 0 Å². The number of Topliss-reactive ketones (excluding diaryl/α,β-unsaturated/α-hetero) is 1. The van der Waals surface area contributed by atoms with Crippen LogP contribution in [0.4, 0.5) is 5.69 Å². The smallest absolute Gasteiger partial charge is 0.221 e. The number of nitrogens with one attached hydrogen (secondary N) is 1. The zero-order chi connectivity index (χ0) is 12.1. The SMILES string of the molecule is CC(=O)CCc1ccc(NC(C)=O)cc1C. The first-order valence-corrected chi connectivity index (χ1v) is 5.35. The molecule has 0 aliphatic carbocycles. The summed E-state index contributed by atoms with van der Waals surface area (Å²) in [6.45, 7) is 5.07. The van der Waals surface area contributed by atoms with Gasteiger partial charge in [0.25, 0.3) is 0 Å². The topological polar surface area (TPSA) is 46.2 Å². The highest BCUT2D eigenvalue weighted by atomic mass is 16.1. The second-order valence-corrected chi connectivity index (χ2v) is 4.02. The van der Waals surface area contributed by atoms with Crippen molar-refractivity contribution in [2.75, 3.05) is 5.32 Å². The maximum absolute atomic E-state index is 10.9. The fraction of sp³-hybridized carbons (Fsp3) is 0.385. The fourth-order valence-corrected chi connectivity index (χ4v) is 1.57. The van der Waals surface area contributed by atoms with Crippen LogP contribution in [-0.2, 0) is 16.0 Å². The number of aryl methyl sites for hydroxylation is 2. The molecule has 1 N–H and O–H groups in total. The van der Waals surface area contributed by atoms with Crippen LogP contribution in [0.25, 0.3) is 0 Å². The number of carbonyl (C=O) groups is 2. The van der Waals surface area contributed by atoms with Gasteiger partial charge >= 0.3 is 0 Å². The number of benzene rings is 1. The van der Waals surface area contributed by atoms with E-state index in [2.05, 4.69) is 5.32 Å². The Morgan fingerprint density at radius 1 is 1.25 bits per heavy atom. The largest absolute Gasteiger partial charge is 0.326 e. The van der Waals surface area contributed by atoms with Gasteiger partial charge in [-0.1, -0.05) is 6.07 Å². The Morgan fingerprint density at radius 2 is 1.94 bits per heavy atom. The molecule has 0 unspecified atom stereocenters. The van der Waals surface area contributed by atoms with Crippen LogP contribution in [0.15, 0.2) is 18.2 Å². The molecule has 0 heterocycles. The van der Waals surface area contributed by atoms with E-state index in [9.17, 15) is 9.59 Å². The van der Waals surface area contributed by atoms with Crippen molar-refractivity contribution >= 4 is 17.4 Å². The Labute approximate surface area is 95.9 Å². The summed E-state index contributed by atoms with van der Waals surface area (Å²) in [5.74, 6) is 0.126. The molecule has 0 radical (unpaired) electrons. The van der Waals surface area contributed by atoms with Crippen molar-refractivity contribution in [1.29, 1.82) is 0 Å². The zero-order valence-electron chi connectivity index (χ0n) is 9.96. The lowest BCUT2D eigenvalue weighted by Gasteiger charge is -2.08. The molecule has 0 bridgehead atoms. The molecule has 0 fully saturated rings. The maximum atomic E-state index is 10.9. The highest BCUT2D eigenvalue weighted by Crippen LogP contribution is 2.16. The van der Waals surface area contributed by atoms with Crippen LogP contribution in [0.5, 0.6) is 0 Å². The van der Waals surface area contributed by atoms with E-state index in [1.807, 2.05) is 25.1 Å². The molecule has 1 amide bonds. The summed E-state index contributed by atoms with van der Waals surface area (Å²) >= 11 is 0. The lowest BCUT2D eigenvalue weighted by molar-refractivity contribution is -0.117. The van der Waals surface area contributed by atoms with Crippen LogP contribution in [-0.4, -0.2) is 11.7 Å². The average Bonchev–Trinajstić information content (AvgIpc) is 2.15. The molecular weight excluding hydrogens is 202 g/mol. The van der Waals surface area contributed by atoms with Gasteiger partial charge in [0, 0.05) is 19.0 Å². The highest BCUT2D eigenvalue weighted by molar-refractivity contribution is 5.88. The molecule has 0 saturated carbocycles. The summed E-state index contributed by atoms with van der Waals surface area (Å²) in [4.78, 5) is 21.8. The summed E-state index contributed by atoms with van der Waals surface area (Å²) in [5.41, 5.74) is 3.06.